The van der Waals surface area contributed by atoms with Gasteiger partial charge in [0.05, 0.1) is 6.04 Å². The summed E-state index contributed by atoms with van der Waals surface area (Å²) in [6.07, 6.45) is 6.42. The van der Waals surface area contributed by atoms with E-state index < -0.39 is 0 Å². The van der Waals surface area contributed by atoms with E-state index in [4.69, 9.17) is 5.73 Å². The molecule has 3 nitrogen and oxygen atoms in total. The zero-order valence-electron chi connectivity index (χ0n) is 10.5. The zero-order chi connectivity index (χ0) is 12.1. The highest BCUT2D eigenvalue weighted by Crippen LogP contribution is 2.28. The molecule has 0 aliphatic heterocycles. The maximum absolute atomic E-state index is 11.9. The summed E-state index contributed by atoms with van der Waals surface area (Å²) in [5.41, 5.74) is 5.86. The van der Waals surface area contributed by atoms with Gasteiger partial charge in [-0.25, -0.2) is 0 Å². The van der Waals surface area contributed by atoms with Gasteiger partial charge in [0, 0.05) is 11.3 Å². The van der Waals surface area contributed by atoms with E-state index in [0.29, 0.717) is 17.2 Å². The van der Waals surface area contributed by atoms with Crippen molar-refractivity contribution in [3.63, 3.8) is 0 Å². The van der Waals surface area contributed by atoms with E-state index in [1.165, 1.54) is 12.8 Å². The maximum atomic E-state index is 11.9. The van der Waals surface area contributed by atoms with Crippen molar-refractivity contribution in [1.29, 1.82) is 0 Å². The number of carbonyl (C=O) groups excluding carboxylic acids is 1. The molecule has 1 aliphatic rings. The second-order valence-electron chi connectivity index (χ2n) is 5.06. The van der Waals surface area contributed by atoms with Crippen molar-refractivity contribution in [2.75, 3.05) is 6.26 Å². The molecule has 0 aromatic heterocycles. The number of nitrogens with one attached hydrogen (secondary N) is 1. The Hall–Kier alpha value is -0.220. The highest BCUT2D eigenvalue weighted by atomic mass is 32.2. The average Bonchev–Trinajstić information content (AvgIpc) is 2.64. The van der Waals surface area contributed by atoms with E-state index in [1.807, 2.05) is 11.8 Å². The van der Waals surface area contributed by atoms with Crippen molar-refractivity contribution in [3.8, 4) is 0 Å². The van der Waals surface area contributed by atoms with E-state index in [0.717, 1.165) is 12.8 Å². The van der Waals surface area contributed by atoms with E-state index in [2.05, 4.69) is 25.4 Å². The molecule has 1 rings (SSSR count). The molecule has 0 aromatic rings. The first-order valence-corrected chi connectivity index (χ1v) is 7.42. The fraction of sp³-hybridized carbons (Fsp3) is 0.917. The van der Waals surface area contributed by atoms with Crippen LogP contribution in [0.15, 0.2) is 0 Å². The number of hydrogen-bond acceptors (Lipinski definition) is 3. The fourth-order valence-electron chi connectivity index (χ4n) is 2.28. The molecule has 16 heavy (non-hydrogen) atoms. The van der Waals surface area contributed by atoms with Crippen molar-refractivity contribution in [1.82, 2.24) is 5.32 Å². The number of amides is 1. The van der Waals surface area contributed by atoms with Gasteiger partial charge in [0.25, 0.3) is 0 Å². The summed E-state index contributed by atoms with van der Waals surface area (Å²) in [6, 6.07) is -0.0104. The van der Waals surface area contributed by atoms with Crippen LogP contribution >= 0.6 is 11.8 Å². The van der Waals surface area contributed by atoms with Crippen LogP contribution in [-0.2, 0) is 4.79 Å². The molecule has 0 bridgehead atoms. The van der Waals surface area contributed by atoms with Crippen molar-refractivity contribution >= 4 is 17.7 Å². The summed E-state index contributed by atoms with van der Waals surface area (Å²) < 4.78 is 0. The normalized spacial score (nSPS) is 27.1. The highest BCUT2D eigenvalue weighted by molar-refractivity contribution is 7.99. The second-order valence-corrected chi connectivity index (χ2v) is 6.13. The smallest absolute Gasteiger partial charge is 0.237 e. The van der Waals surface area contributed by atoms with E-state index >= 15 is 0 Å². The largest absolute Gasteiger partial charge is 0.351 e. The third-order valence-electron chi connectivity index (χ3n) is 3.15. The average molecular weight is 244 g/mol. The summed E-state index contributed by atoms with van der Waals surface area (Å²) in [5.74, 6) is 0.500. The Labute approximate surface area is 103 Å². The molecule has 0 radical (unpaired) electrons. The molecule has 1 fully saturated rings. The monoisotopic (exact) mass is 244 g/mol. The number of rotatable bonds is 5. The summed E-state index contributed by atoms with van der Waals surface area (Å²) in [5, 5.41) is 3.68. The van der Waals surface area contributed by atoms with Crippen LogP contribution < -0.4 is 11.1 Å². The molecule has 0 heterocycles. The van der Waals surface area contributed by atoms with Crippen LogP contribution in [0.1, 0.15) is 39.5 Å². The third-order valence-corrected chi connectivity index (χ3v) is 4.31. The standard InChI is InChI=1S/C12H24N2OS/c1-8(2)7-9(13)12(15)14-10-5-4-6-11(10)16-3/h8-11H,4-7,13H2,1-3H3,(H,14,15)/t9-,10?,11?/m1/s1. The summed E-state index contributed by atoms with van der Waals surface area (Å²) >= 11 is 1.85. The molecule has 4 heteroatoms. The number of hydrogen-bond donors (Lipinski definition) is 2. The highest BCUT2D eigenvalue weighted by Gasteiger charge is 2.29. The van der Waals surface area contributed by atoms with Gasteiger partial charge in [0.15, 0.2) is 0 Å². The number of carbonyl (C=O) groups is 1. The van der Waals surface area contributed by atoms with Crippen LogP contribution in [0.4, 0.5) is 0 Å². The van der Waals surface area contributed by atoms with E-state index in [-0.39, 0.29) is 11.9 Å². The lowest BCUT2D eigenvalue weighted by atomic mass is 10.0. The molecule has 2 unspecified atom stereocenters. The topological polar surface area (TPSA) is 55.1 Å². The molecule has 0 aromatic carbocycles. The van der Waals surface area contributed by atoms with Gasteiger partial charge in [0.1, 0.15) is 0 Å². The molecule has 3 atom stereocenters. The fourth-order valence-corrected chi connectivity index (χ4v) is 3.21. The van der Waals surface area contributed by atoms with Crippen LogP contribution in [0, 0.1) is 5.92 Å². The van der Waals surface area contributed by atoms with Crippen molar-refractivity contribution in [3.05, 3.63) is 0 Å². The van der Waals surface area contributed by atoms with Crippen LogP contribution in [0.3, 0.4) is 0 Å². The van der Waals surface area contributed by atoms with Crippen molar-refractivity contribution < 1.29 is 4.79 Å². The Kier molecular flexibility index (Phi) is 5.62. The summed E-state index contributed by atoms with van der Waals surface area (Å²) in [4.78, 5) is 11.9. The van der Waals surface area contributed by atoms with Gasteiger partial charge in [-0.3, -0.25) is 4.79 Å². The Bertz CT molecular complexity index is 233. The van der Waals surface area contributed by atoms with Gasteiger partial charge in [-0.05, 0) is 31.4 Å². The van der Waals surface area contributed by atoms with Gasteiger partial charge in [-0.2, -0.15) is 11.8 Å². The first kappa shape index (κ1) is 13.8. The Morgan fingerprint density at radius 3 is 2.75 bits per heavy atom. The van der Waals surface area contributed by atoms with Crippen LogP contribution in [0.2, 0.25) is 0 Å². The van der Waals surface area contributed by atoms with E-state index in [9.17, 15) is 4.79 Å². The van der Waals surface area contributed by atoms with Gasteiger partial charge in [-0.15, -0.1) is 0 Å². The Morgan fingerprint density at radius 1 is 1.50 bits per heavy atom. The molecule has 1 aliphatic carbocycles. The molecular weight excluding hydrogens is 220 g/mol. The minimum absolute atomic E-state index is 0.0275. The Morgan fingerprint density at radius 2 is 2.19 bits per heavy atom. The number of thioether (sulfide) groups is 1. The van der Waals surface area contributed by atoms with Crippen molar-refractivity contribution in [2.45, 2.75) is 56.9 Å². The molecular formula is C12H24N2OS. The minimum atomic E-state index is -0.344. The minimum Gasteiger partial charge on any atom is -0.351 e. The maximum Gasteiger partial charge on any atom is 0.237 e. The molecule has 1 amide bonds. The van der Waals surface area contributed by atoms with Gasteiger partial charge in [0.2, 0.25) is 5.91 Å². The lowest BCUT2D eigenvalue weighted by Gasteiger charge is -2.22. The lowest BCUT2D eigenvalue weighted by Crippen LogP contribution is -2.47. The van der Waals surface area contributed by atoms with Crippen LogP contribution in [-0.4, -0.2) is 29.5 Å². The van der Waals surface area contributed by atoms with Crippen LogP contribution in [0.5, 0.6) is 0 Å². The quantitative estimate of drug-likeness (QED) is 0.775. The predicted molar refractivity (Wildman–Crippen MR) is 70.5 cm³/mol. The van der Waals surface area contributed by atoms with Gasteiger partial charge < -0.3 is 11.1 Å². The number of nitrogens with two attached hydrogens (primary N) is 1. The molecule has 94 valence electrons. The lowest BCUT2D eigenvalue weighted by molar-refractivity contribution is -0.123. The second kappa shape index (κ2) is 6.50. The zero-order valence-corrected chi connectivity index (χ0v) is 11.3. The van der Waals surface area contributed by atoms with E-state index in [1.54, 1.807) is 0 Å². The van der Waals surface area contributed by atoms with Gasteiger partial charge in [-0.1, -0.05) is 20.3 Å². The molecule has 1 saturated carbocycles. The predicted octanol–water partition coefficient (Wildman–Crippen LogP) is 1.76. The third kappa shape index (κ3) is 3.98. The Balaban J connectivity index is 2.38. The first-order chi connectivity index (χ1) is 7.54. The van der Waals surface area contributed by atoms with Crippen LogP contribution in [0.25, 0.3) is 0 Å². The molecule has 0 saturated heterocycles. The summed E-state index contributed by atoms with van der Waals surface area (Å²) in [7, 11) is 0. The summed E-state index contributed by atoms with van der Waals surface area (Å²) in [6.45, 7) is 4.18. The van der Waals surface area contributed by atoms with Gasteiger partial charge >= 0.3 is 0 Å². The molecule has 0 spiro atoms. The first-order valence-electron chi connectivity index (χ1n) is 6.13. The molecule has 3 N–H and O–H groups in total. The SMILES string of the molecule is CSC1CCCC1NC(=O)[C@H](N)CC(C)C. The van der Waals surface area contributed by atoms with Crippen molar-refractivity contribution in [2.24, 2.45) is 11.7 Å².